The molecule has 1 aromatic rings. The lowest BCUT2D eigenvalue weighted by Crippen LogP contribution is -2.23. The molecule has 0 aliphatic rings. The highest BCUT2D eigenvalue weighted by Crippen LogP contribution is 2.22. The molecule has 0 heterocycles. The van der Waals surface area contributed by atoms with Crippen LogP contribution in [0.1, 0.15) is 50.5 Å². The predicted molar refractivity (Wildman–Crippen MR) is 80.3 cm³/mol. The Kier molecular flexibility index (Phi) is 7.29. The molecule has 5 nitrogen and oxygen atoms in total. The number of hydrogen-bond acceptors (Lipinski definition) is 3. The van der Waals surface area contributed by atoms with Gasteiger partial charge in [-0.3, -0.25) is 9.59 Å². The van der Waals surface area contributed by atoms with Crippen LogP contribution >= 0.6 is 0 Å². The number of primary amides is 1. The van der Waals surface area contributed by atoms with E-state index in [4.69, 9.17) is 15.6 Å². The first-order valence-corrected chi connectivity index (χ1v) is 7.28. The molecule has 0 bridgehead atoms. The molecule has 3 N–H and O–H groups in total. The van der Waals surface area contributed by atoms with Crippen molar-refractivity contribution in [3.05, 3.63) is 29.8 Å². The summed E-state index contributed by atoms with van der Waals surface area (Å²) in [4.78, 5) is 22.1. The minimum atomic E-state index is -1.05. The van der Waals surface area contributed by atoms with Gasteiger partial charge in [0.2, 0.25) is 5.91 Å². The number of rotatable bonds is 10. The van der Waals surface area contributed by atoms with E-state index in [9.17, 15) is 9.59 Å². The second kappa shape index (κ2) is 9.00. The first kappa shape index (κ1) is 17.0. The highest BCUT2D eigenvalue weighted by molar-refractivity contribution is 5.86. The molecule has 0 aromatic heterocycles. The third kappa shape index (κ3) is 6.29. The summed E-state index contributed by atoms with van der Waals surface area (Å²) >= 11 is 0. The molecule has 21 heavy (non-hydrogen) atoms. The number of carbonyl (C=O) groups excluding carboxylic acids is 1. The molecule has 0 aliphatic carbocycles. The molecule has 1 atom stereocenters. The van der Waals surface area contributed by atoms with Gasteiger partial charge in [-0.15, -0.1) is 0 Å². The van der Waals surface area contributed by atoms with Gasteiger partial charge < -0.3 is 15.6 Å². The maximum absolute atomic E-state index is 11.3. The summed E-state index contributed by atoms with van der Waals surface area (Å²) < 4.78 is 5.60. The fraction of sp³-hybridized carbons (Fsp3) is 0.500. The predicted octanol–water partition coefficient (Wildman–Crippen LogP) is 2.69. The van der Waals surface area contributed by atoms with Crippen molar-refractivity contribution in [1.29, 1.82) is 0 Å². The van der Waals surface area contributed by atoms with Gasteiger partial charge in [-0.05, 0) is 24.1 Å². The van der Waals surface area contributed by atoms with Crippen LogP contribution in [0.25, 0.3) is 0 Å². The third-order valence-corrected chi connectivity index (χ3v) is 3.27. The van der Waals surface area contributed by atoms with Crippen LogP contribution in [0.2, 0.25) is 0 Å². The van der Waals surface area contributed by atoms with Crippen LogP contribution in [0.5, 0.6) is 5.75 Å². The van der Waals surface area contributed by atoms with Gasteiger partial charge in [-0.2, -0.15) is 0 Å². The Morgan fingerprint density at radius 2 is 1.86 bits per heavy atom. The second-order valence-corrected chi connectivity index (χ2v) is 5.03. The minimum absolute atomic E-state index is 0.299. The number of aliphatic carboxylic acids is 1. The molecule has 0 radical (unpaired) electrons. The monoisotopic (exact) mass is 293 g/mol. The van der Waals surface area contributed by atoms with Crippen molar-refractivity contribution in [2.75, 3.05) is 6.61 Å². The molecular formula is C16H23NO4. The van der Waals surface area contributed by atoms with Gasteiger partial charge in [0.1, 0.15) is 5.75 Å². The quantitative estimate of drug-likeness (QED) is 0.649. The number of hydrogen-bond donors (Lipinski definition) is 2. The Labute approximate surface area is 125 Å². The largest absolute Gasteiger partial charge is 0.494 e. The molecule has 0 spiro atoms. The summed E-state index contributed by atoms with van der Waals surface area (Å²) in [6.07, 6.45) is 4.26. The summed E-state index contributed by atoms with van der Waals surface area (Å²) in [6.45, 7) is 2.82. The number of carbonyl (C=O) groups is 2. The second-order valence-electron chi connectivity index (χ2n) is 5.03. The zero-order valence-electron chi connectivity index (χ0n) is 12.4. The van der Waals surface area contributed by atoms with Gasteiger partial charge in [0.15, 0.2) is 0 Å². The summed E-state index contributed by atoms with van der Waals surface area (Å²) in [5.74, 6) is -1.77. The molecule has 5 heteroatoms. The van der Waals surface area contributed by atoms with Gasteiger partial charge in [0.05, 0.1) is 18.9 Å². The van der Waals surface area contributed by atoms with Crippen LogP contribution in [0, 0.1) is 0 Å². The zero-order valence-corrected chi connectivity index (χ0v) is 12.4. The van der Waals surface area contributed by atoms with E-state index in [-0.39, 0.29) is 6.42 Å². The fourth-order valence-electron chi connectivity index (χ4n) is 2.07. The van der Waals surface area contributed by atoms with Crippen molar-refractivity contribution < 1.29 is 19.4 Å². The van der Waals surface area contributed by atoms with Crippen molar-refractivity contribution in [1.82, 2.24) is 0 Å². The lowest BCUT2D eigenvalue weighted by molar-refractivity contribution is -0.139. The van der Waals surface area contributed by atoms with Crippen molar-refractivity contribution >= 4 is 11.9 Å². The molecule has 1 aromatic carbocycles. The van der Waals surface area contributed by atoms with Crippen LogP contribution in [0.4, 0.5) is 0 Å². The van der Waals surface area contributed by atoms with Crippen molar-refractivity contribution in [2.45, 2.75) is 44.9 Å². The Balaban J connectivity index is 2.55. The number of ether oxygens (including phenoxy) is 1. The van der Waals surface area contributed by atoms with Crippen molar-refractivity contribution in [3.63, 3.8) is 0 Å². The summed E-state index contributed by atoms with van der Waals surface area (Å²) in [7, 11) is 0. The Hall–Kier alpha value is -2.04. The topological polar surface area (TPSA) is 89.6 Å². The molecule has 1 rings (SSSR count). The van der Waals surface area contributed by atoms with E-state index in [2.05, 4.69) is 6.92 Å². The van der Waals surface area contributed by atoms with E-state index in [0.29, 0.717) is 17.9 Å². The number of unbranched alkanes of at least 4 members (excludes halogenated alkanes) is 3. The molecule has 0 unspecified atom stereocenters. The maximum Gasteiger partial charge on any atom is 0.304 e. The van der Waals surface area contributed by atoms with Gasteiger partial charge in [-0.1, -0.05) is 38.3 Å². The Morgan fingerprint density at radius 3 is 2.38 bits per heavy atom. The van der Waals surface area contributed by atoms with E-state index < -0.39 is 17.8 Å². The summed E-state index contributed by atoms with van der Waals surface area (Å²) in [5, 5.41) is 8.80. The molecule has 0 saturated carbocycles. The van der Waals surface area contributed by atoms with Gasteiger partial charge in [0, 0.05) is 0 Å². The number of carboxylic acid groups (broad SMARTS) is 1. The van der Waals surface area contributed by atoms with Crippen LogP contribution in [-0.2, 0) is 9.59 Å². The van der Waals surface area contributed by atoms with Crippen molar-refractivity contribution in [3.8, 4) is 5.75 Å². The smallest absolute Gasteiger partial charge is 0.304 e. The molecule has 0 saturated heterocycles. The van der Waals surface area contributed by atoms with Gasteiger partial charge in [-0.25, -0.2) is 0 Å². The standard InChI is InChI=1S/C16H23NO4/c1-2-3-4-5-10-21-13-8-6-12(7-9-13)14(16(17)20)11-15(18)19/h6-9,14H,2-5,10-11H2,1H3,(H2,17,20)(H,18,19)/t14-/m0/s1. The SMILES string of the molecule is CCCCCCOc1ccc([C@H](CC(=O)O)C(N)=O)cc1. The van der Waals surface area contributed by atoms with E-state index in [0.717, 1.165) is 12.8 Å². The number of carboxylic acids is 1. The maximum atomic E-state index is 11.3. The number of amides is 1. The van der Waals surface area contributed by atoms with Crippen molar-refractivity contribution in [2.24, 2.45) is 5.73 Å². The lowest BCUT2D eigenvalue weighted by atomic mass is 9.95. The average molecular weight is 293 g/mol. The lowest BCUT2D eigenvalue weighted by Gasteiger charge is -2.12. The minimum Gasteiger partial charge on any atom is -0.494 e. The number of nitrogens with two attached hydrogens (primary N) is 1. The van der Waals surface area contributed by atoms with Crippen LogP contribution in [0.3, 0.4) is 0 Å². The van der Waals surface area contributed by atoms with E-state index in [1.54, 1.807) is 24.3 Å². The molecule has 0 fully saturated rings. The first-order chi connectivity index (χ1) is 10.0. The highest BCUT2D eigenvalue weighted by Gasteiger charge is 2.21. The van der Waals surface area contributed by atoms with Gasteiger partial charge >= 0.3 is 5.97 Å². The van der Waals surface area contributed by atoms with Crippen LogP contribution in [0.15, 0.2) is 24.3 Å². The zero-order chi connectivity index (χ0) is 15.7. The van der Waals surface area contributed by atoms with E-state index in [1.165, 1.54) is 12.8 Å². The normalized spacial score (nSPS) is 11.9. The Morgan fingerprint density at radius 1 is 1.19 bits per heavy atom. The molecule has 0 aliphatic heterocycles. The third-order valence-electron chi connectivity index (χ3n) is 3.27. The van der Waals surface area contributed by atoms with E-state index in [1.807, 2.05) is 0 Å². The van der Waals surface area contributed by atoms with Crippen LogP contribution in [-0.4, -0.2) is 23.6 Å². The van der Waals surface area contributed by atoms with Crippen LogP contribution < -0.4 is 10.5 Å². The molecular weight excluding hydrogens is 270 g/mol. The molecule has 116 valence electrons. The Bertz CT molecular complexity index is 456. The highest BCUT2D eigenvalue weighted by atomic mass is 16.5. The average Bonchev–Trinajstić information content (AvgIpc) is 2.45. The number of benzene rings is 1. The molecule has 1 amide bonds. The van der Waals surface area contributed by atoms with E-state index >= 15 is 0 Å². The first-order valence-electron chi connectivity index (χ1n) is 7.28. The van der Waals surface area contributed by atoms with Gasteiger partial charge in [0.25, 0.3) is 0 Å². The summed E-state index contributed by atoms with van der Waals surface area (Å²) in [6, 6.07) is 6.87. The fourth-order valence-corrected chi connectivity index (χ4v) is 2.07. The summed E-state index contributed by atoms with van der Waals surface area (Å²) in [5.41, 5.74) is 5.85.